The summed E-state index contributed by atoms with van der Waals surface area (Å²) >= 11 is 0. The zero-order valence-corrected chi connectivity index (χ0v) is 16.8. The molecule has 0 bridgehead atoms. The number of rotatable bonds is 5. The van der Waals surface area contributed by atoms with Gasteiger partial charge in [0.05, 0.1) is 0 Å². The molecular weight excluding hydrogens is 363 g/mol. The van der Waals surface area contributed by atoms with Crippen LogP contribution in [-0.4, -0.2) is 17.9 Å². The molecule has 142 valence electrons. The fraction of sp³-hybridized carbons (Fsp3) is 0.200. The lowest BCUT2D eigenvalue weighted by atomic mass is 10.3. The van der Waals surface area contributed by atoms with E-state index in [-0.39, 0.29) is 12.1 Å². The molecule has 1 saturated carbocycles. The Bertz CT molecular complexity index is 856. The van der Waals surface area contributed by atoms with Gasteiger partial charge in [-0.1, -0.05) is 91.0 Å². The molecule has 0 radical (unpaired) electrons. The highest BCUT2D eigenvalue weighted by Gasteiger charge is 2.28. The molecule has 1 aliphatic carbocycles. The SMILES string of the molecule is O=C(C=P(c1ccccc1)(c1ccccc1)c1ccccc1)OC1CCCC1. The molecule has 0 unspecified atom stereocenters. The zero-order chi connectivity index (χ0) is 19.2. The highest BCUT2D eigenvalue weighted by Crippen LogP contribution is 2.43. The molecule has 1 fully saturated rings. The number of benzene rings is 3. The summed E-state index contributed by atoms with van der Waals surface area (Å²) in [4.78, 5) is 13.1. The third-order valence-corrected chi connectivity index (χ3v) is 9.31. The second-order valence-corrected chi connectivity index (χ2v) is 10.5. The Morgan fingerprint density at radius 1 is 0.714 bits per heavy atom. The minimum absolute atomic E-state index is 0.0629. The van der Waals surface area contributed by atoms with Gasteiger partial charge in [0, 0.05) is 5.80 Å². The third kappa shape index (κ3) is 3.84. The second-order valence-electron chi connectivity index (χ2n) is 7.20. The largest absolute Gasteiger partial charge is 0.459 e. The Hall–Kier alpha value is -2.57. The first-order valence-electron chi connectivity index (χ1n) is 9.91. The van der Waals surface area contributed by atoms with Crippen LogP contribution in [0.3, 0.4) is 0 Å². The Morgan fingerprint density at radius 3 is 1.50 bits per heavy atom. The van der Waals surface area contributed by atoms with Crippen molar-refractivity contribution in [3.8, 4) is 0 Å². The molecule has 1 aliphatic rings. The van der Waals surface area contributed by atoms with E-state index < -0.39 is 6.89 Å². The van der Waals surface area contributed by atoms with Crippen LogP contribution in [0.5, 0.6) is 0 Å². The summed E-state index contributed by atoms with van der Waals surface area (Å²) in [6.45, 7) is -2.27. The van der Waals surface area contributed by atoms with E-state index >= 15 is 0 Å². The summed E-state index contributed by atoms with van der Waals surface area (Å²) in [6.07, 6.45) is 4.32. The molecule has 0 aromatic heterocycles. The molecule has 3 heteroatoms. The van der Waals surface area contributed by atoms with E-state index in [1.54, 1.807) is 0 Å². The van der Waals surface area contributed by atoms with Crippen LogP contribution < -0.4 is 15.9 Å². The van der Waals surface area contributed by atoms with E-state index in [2.05, 4.69) is 36.4 Å². The van der Waals surface area contributed by atoms with Gasteiger partial charge >= 0.3 is 5.97 Å². The number of hydrogen-bond donors (Lipinski definition) is 0. The van der Waals surface area contributed by atoms with Crippen LogP contribution in [0.1, 0.15) is 25.7 Å². The normalized spacial score (nSPS) is 14.6. The molecule has 0 heterocycles. The second kappa shape index (κ2) is 8.63. The van der Waals surface area contributed by atoms with Crippen molar-refractivity contribution in [2.45, 2.75) is 31.8 Å². The van der Waals surface area contributed by atoms with Crippen molar-refractivity contribution in [1.29, 1.82) is 0 Å². The Balaban J connectivity index is 1.93. The van der Waals surface area contributed by atoms with Crippen LogP contribution in [0, 0.1) is 0 Å². The van der Waals surface area contributed by atoms with E-state index in [0.717, 1.165) is 41.6 Å². The molecular formula is C25H25O2P. The van der Waals surface area contributed by atoms with Crippen molar-refractivity contribution in [2.75, 3.05) is 0 Å². The quantitative estimate of drug-likeness (QED) is 0.482. The first kappa shape index (κ1) is 18.8. The van der Waals surface area contributed by atoms with Crippen LogP contribution in [0.15, 0.2) is 91.0 Å². The van der Waals surface area contributed by atoms with Crippen molar-refractivity contribution in [1.82, 2.24) is 0 Å². The molecule has 28 heavy (non-hydrogen) atoms. The number of hydrogen-bond acceptors (Lipinski definition) is 2. The van der Waals surface area contributed by atoms with Gasteiger partial charge in [-0.3, -0.25) is 0 Å². The van der Waals surface area contributed by atoms with Gasteiger partial charge in [0.1, 0.15) is 6.10 Å². The smallest absolute Gasteiger partial charge is 0.332 e. The van der Waals surface area contributed by atoms with Gasteiger partial charge in [0.2, 0.25) is 0 Å². The maximum Gasteiger partial charge on any atom is 0.332 e. The Labute approximate surface area is 167 Å². The number of carbonyl (C=O) groups excluding carboxylic acids is 1. The predicted molar refractivity (Wildman–Crippen MR) is 120 cm³/mol. The van der Waals surface area contributed by atoms with Crippen LogP contribution in [-0.2, 0) is 9.53 Å². The molecule has 0 atom stereocenters. The van der Waals surface area contributed by atoms with Crippen molar-refractivity contribution in [3.05, 3.63) is 91.0 Å². The zero-order valence-electron chi connectivity index (χ0n) is 15.9. The van der Waals surface area contributed by atoms with E-state index in [1.807, 2.05) is 60.4 Å². The summed E-state index contributed by atoms with van der Waals surface area (Å²) in [5.74, 6) is 1.68. The number of ether oxygens (including phenoxy) is 1. The van der Waals surface area contributed by atoms with Crippen LogP contribution in [0.4, 0.5) is 0 Å². The van der Waals surface area contributed by atoms with Gasteiger partial charge in [0.15, 0.2) is 0 Å². The Morgan fingerprint density at radius 2 is 1.11 bits per heavy atom. The molecule has 0 amide bonds. The molecule has 0 spiro atoms. The summed E-state index contributed by atoms with van der Waals surface area (Å²) in [6, 6.07) is 31.1. The predicted octanol–water partition coefficient (Wildman–Crippen LogP) is 4.27. The lowest BCUT2D eigenvalue weighted by molar-refractivity contribution is -0.139. The fourth-order valence-electron chi connectivity index (χ4n) is 4.02. The standard InChI is InChI=1S/C25H25O2P/c26-25(27-21-12-10-11-13-21)20-28(22-14-4-1-5-15-22,23-16-6-2-7-17-23)24-18-8-3-9-19-24/h1-9,14-21H,10-13H2. The number of carbonyl (C=O) groups is 1. The third-order valence-electron chi connectivity index (χ3n) is 5.37. The highest BCUT2D eigenvalue weighted by molar-refractivity contribution is 7.95. The van der Waals surface area contributed by atoms with Gasteiger partial charge in [-0.15, -0.1) is 0 Å². The molecule has 0 aliphatic heterocycles. The van der Waals surface area contributed by atoms with E-state index in [0.29, 0.717) is 0 Å². The summed E-state index contributed by atoms with van der Waals surface area (Å²) < 4.78 is 5.86. The lowest BCUT2D eigenvalue weighted by Crippen LogP contribution is -2.29. The van der Waals surface area contributed by atoms with Gasteiger partial charge < -0.3 is 4.74 Å². The average Bonchev–Trinajstić information content (AvgIpc) is 3.27. The van der Waals surface area contributed by atoms with E-state index in [4.69, 9.17) is 4.74 Å². The van der Waals surface area contributed by atoms with Gasteiger partial charge in [0.25, 0.3) is 0 Å². The topological polar surface area (TPSA) is 26.3 Å². The lowest BCUT2D eigenvalue weighted by Gasteiger charge is -2.28. The maximum absolute atomic E-state index is 13.1. The molecule has 0 N–H and O–H groups in total. The highest BCUT2D eigenvalue weighted by atomic mass is 31.2. The average molecular weight is 388 g/mol. The van der Waals surface area contributed by atoms with Crippen LogP contribution in [0.25, 0.3) is 0 Å². The van der Waals surface area contributed by atoms with Crippen molar-refractivity contribution in [2.24, 2.45) is 0 Å². The molecule has 2 nitrogen and oxygen atoms in total. The fourth-order valence-corrected chi connectivity index (χ4v) is 7.67. The number of esters is 1. The molecule has 0 saturated heterocycles. The van der Waals surface area contributed by atoms with Crippen LogP contribution in [0.2, 0.25) is 0 Å². The molecule has 3 aromatic carbocycles. The molecule has 3 aromatic rings. The van der Waals surface area contributed by atoms with Gasteiger partial charge in [-0.05, 0) is 48.5 Å². The summed E-state index contributed by atoms with van der Waals surface area (Å²) in [5, 5.41) is 3.49. The van der Waals surface area contributed by atoms with Gasteiger partial charge in [-0.2, -0.15) is 0 Å². The van der Waals surface area contributed by atoms with Gasteiger partial charge in [-0.25, -0.2) is 4.79 Å². The van der Waals surface area contributed by atoms with Crippen molar-refractivity contribution < 1.29 is 9.53 Å². The summed E-state index contributed by atoms with van der Waals surface area (Å²) in [7, 11) is 0. The van der Waals surface area contributed by atoms with Crippen molar-refractivity contribution in [3.63, 3.8) is 0 Å². The maximum atomic E-state index is 13.1. The monoisotopic (exact) mass is 388 g/mol. The molecule has 4 rings (SSSR count). The van der Waals surface area contributed by atoms with E-state index in [1.165, 1.54) is 0 Å². The first-order chi connectivity index (χ1) is 13.8. The first-order valence-corrected chi connectivity index (χ1v) is 11.8. The Kier molecular flexibility index (Phi) is 5.78. The minimum Gasteiger partial charge on any atom is -0.459 e. The minimum atomic E-state index is -2.27. The van der Waals surface area contributed by atoms with E-state index in [9.17, 15) is 4.79 Å². The summed E-state index contributed by atoms with van der Waals surface area (Å²) in [5.41, 5.74) is 0. The van der Waals surface area contributed by atoms with Crippen molar-refractivity contribution >= 4 is 34.6 Å². The van der Waals surface area contributed by atoms with Crippen LogP contribution >= 0.6 is 6.89 Å².